The number of halogens is 1. The first-order valence-electron chi connectivity index (χ1n) is 6.22. The molecule has 0 saturated carbocycles. The van der Waals surface area contributed by atoms with Gasteiger partial charge in [-0.1, -0.05) is 36.4 Å². The van der Waals surface area contributed by atoms with Gasteiger partial charge in [0.1, 0.15) is 0 Å². The maximum absolute atomic E-state index is 4.21. The summed E-state index contributed by atoms with van der Waals surface area (Å²) in [7, 11) is 0. The number of anilines is 3. The van der Waals surface area contributed by atoms with Crippen molar-refractivity contribution in [1.29, 1.82) is 0 Å². The van der Waals surface area contributed by atoms with Gasteiger partial charge in [-0.3, -0.25) is 0 Å². The minimum atomic E-state index is 0.585. The van der Waals surface area contributed by atoms with E-state index in [-0.39, 0.29) is 0 Å². The first-order valence-corrected chi connectivity index (χ1v) is 7.02. The van der Waals surface area contributed by atoms with E-state index in [1.165, 1.54) is 0 Å². The maximum atomic E-state index is 4.21. The van der Waals surface area contributed by atoms with Gasteiger partial charge in [-0.05, 0) is 40.2 Å². The molecule has 2 aromatic carbocycles. The molecule has 1 heterocycles. The smallest absolute Gasteiger partial charge is 0.196 e. The van der Waals surface area contributed by atoms with Crippen molar-refractivity contribution in [3.05, 3.63) is 77.8 Å². The highest BCUT2D eigenvalue weighted by Gasteiger charge is 2.12. The minimum absolute atomic E-state index is 0.585. The van der Waals surface area contributed by atoms with E-state index < -0.39 is 0 Å². The molecule has 0 fully saturated rings. The third-order valence-corrected chi connectivity index (χ3v) is 3.30. The molecule has 1 aromatic heterocycles. The second-order valence-electron chi connectivity index (χ2n) is 4.22. The fourth-order valence-corrected chi connectivity index (χ4v) is 2.23. The summed E-state index contributed by atoms with van der Waals surface area (Å²) >= 11 is 3.27. The van der Waals surface area contributed by atoms with Crippen LogP contribution >= 0.6 is 15.9 Å². The molecule has 3 aromatic rings. The Bertz CT molecular complexity index is 630. The normalized spacial score (nSPS) is 10.2. The second kappa shape index (κ2) is 5.84. The van der Waals surface area contributed by atoms with E-state index >= 15 is 0 Å². The molecule has 0 aliphatic heterocycles. The molecule has 98 valence electrons. The van der Waals surface area contributed by atoms with Gasteiger partial charge in [-0.25, -0.2) is 9.97 Å². The Balaban J connectivity index is 2.11. The summed E-state index contributed by atoms with van der Waals surface area (Å²) in [6, 6.07) is 20.3. The van der Waals surface area contributed by atoms with Crippen LogP contribution in [0.5, 0.6) is 0 Å². The van der Waals surface area contributed by atoms with Crippen LogP contribution in [0.1, 0.15) is 0 Å². The zero-order valence-electron chi connectivity index (χ0n) is 10.6. The van der Waals surface area contributed by atoms with Gasteiger partial charge in [0.25, 0.3) is 0 Å². The summed E-state index contributed by atoms with van der Waals surface area (Å²) < 4.78 is 0.585. The largest absolute Gasteiger partial charge is 0.308 e. The molecule has 0 atom stereocenters. The van der Waals surface area contributed by atoms with E-state index in [4.69, 9.17) is 0 Å². The SMILES string of the molecule is Brc1ncc(N(c2ccccc2)c2ccccc2)cn1. The molecule has 0 bridgehead atoms. The van der Waals surface area contributed by atoms with Gasteiger partial charge in [0.05, 0.1) is 18.1 Å². The van der Waals surface area contributed by atoms with Crippen molar-refractivity contribution in [2.45, 2.75) is 0 Å². The van der Waals surface area contributed by atoms with Crippen LogP contribution in [0.15, 0.2) is 77.8 Å². The summed E-state index contributed by atoms with van der Waals surface area (Å²) in [4.78, 5) is 10.5. The van der Waals surface area contributed by atoms with Crippen molar-refractivity contribution in [2.75, 3.05) is 4.90 Å². The number of rotatable bonds is 3. The zero-order valence-corrected chi connectivity index (χ0v) is 12.2. The monoisotopic (exact) mass is 325 g/mol. The van der Waals surface area contributed by atoms with Crippen LogP contribution in [0, 0.1) is 0 Å². The molecule has 0 spiro atoms. The van der Waals surface area contributed by atoms with E-state index in [9.17, 15) is 0 Å². The molecule has 0 amide bonds. The molecule has 3 rings (SSSR count). The Morgan fingerprint density at radius 2 is 1.10 bits per heavy atom. The zero-order chi connectivity index (χ0) is 13.8. The fraction of sp³-hybridized carbons (Fsp3) is 0. The van der Waals surface area contributed by atoms with E-state index in [0.717, 1.165) is 17.1 Å². The summed E-state index contributed by atoms with van der Waals surface area (Å²) in [6.07, 6.45) is 3.61. The van der Waals surface area contributed by atoms with Gasteiger partial charge in [0.15, 0.2) is 4.73 Å². The van der Waals surface area contributed by atoms with Crippen molar-refractivity contribution < 1.29 is 0 Å². The summed E-state index contributed by atoms with van der Waals surface area (Å²) in [6.45, 7) is 0. The van der Waals surface area contributed by atoms with Gasteiger partial charge < -0.3 is 4.90 Å². The molecule has 4 heteroatoms. The van der Waals surface area contributed by atoms with Crippen LogP contribution in [-0.4, -0.2) is 9.97 Å². The quantitative estimate of drug-likeness (QED) is 0.653. The standard InChI is InChI=1S/C16H12BrN3/c17-16-18-11-15(12-19-16)20(13-7-3-1-4-8-13)14-9-5-2-6-10-14/h1-12H. The number of hydrogen-bond acceptors (Lipinski definition) is 3. The summed E-state index contributed by atoms with van der Waals surface area (Å²) in [5, 5.41) is 0. The van der Waals surface area contributed by atoms with Crippen molar-refractivity contribution in [2.24, 2.45) is 0 Å². The van der Waals surface area contributed by atoms with Gasteiger partial charge in [-0.15, -0.1) is 0 Å². The Kier molecular flexibility index (Phi) is 3.74. The highest BCUT2D eigenvalue weighted by Crippen LogP contribution is 2.33. The molecular weight excluding hydrogens is 314 g/mol. The molecule has 0 N–H and O–H groups in total. The van der Waals surface area contributed by atoms with Gasteiger partial charge >= 0.3 is 0 Å². The molecule has 0 unspecified atom stereocenters. The van der Waals surface area contributed by atoms with E-state index in [2.05, 4.69) is 55.1 Å². The molecule has 0 radical (unpaired) electrons. The van der Waals surface area contributed by atoms with Crippen molar-refractivity contribution >= 4 is 33.0 Å². The Hall–Kier alpha value is -2.20. The topological polar surface area (TPSA) is 29.0 Å². The predicted molar refractivity (Wildman–Crippen MR) is 84.4 cm³/mol. The Labute approximate surface area is 126 Å². The number of nitrogens with zero attached hydrogens (tertiary/aromatic N) is 3. The molecular formula is C16H12BrN3. The van der Waals surface area contributed by atoms with E-state index in [1.807, 2.05) is 36.4 Å². The van der Waals surface area contributed by atoms with Crippen LogP contribution in [0.4, 0.5) is 17.1 Å². The maximum Gasteiger partial charge on any atom is 0.196 e. The van der Waals surface area contributed by atoms with Gasteiger partial charge in [0.2, 0.25) is 0 Å². The highest BCUT2D eigenvalue weighted by atomic mass is 79.9. The summed E-state index contributed by atoms with van der Waals surface area (Å²) in [5.74, 6) is 0. The van der Waals surface area contributed by atoms with Crippen molar-refractivity contribution in [3.8, 4) is 0 Å². The average Bonchev–Trinajstić information content (AvgIpc) is 2.52. The third kappa shape index (κ3) is 2.70. The molecule has 0 aliphatic rings. The first kappa shape index (κ1) is 12.8. The molecule has 3 nitrogen and oxygen atoms in total. The van der Waals surface area contributed by atoms with Gasteiger partial charge in [0, 0.05) is 11.4 Å². The summed E-state index contributed by atoms with van der Waals surface area (Å²) in [5.41, 5.74) is 3.07. The molecule has 0 saturated heterocycles. The minimum Gasteiger partial charge on any atom is -0.308 e. The van der Waals surface area contributed by atoms with Crippen LogP contribution in [-0.2, 0) is 0 Å². The third-order valence-electron chi connectivity index (χ3n) is 2.89. The lowest BCUT2D eigenvalue weighted by molar-refractivity contribution is 1.09. The van der Waals surface area contributed by atoms with E-state index in [0.29, 0.717) is 4.73 Å². The van der Waals surface area contributed by atoms with Crippen LogP contribution in [0.2, 0.25) is 0 Å². The van der Waals surface area contributed by atoms with E-state index in [1.54, 1.807) is 12.4 Å². The predicted octanol–water partition coefficient (Wildman–Crippen LogP) is 4.71. The van der Waals surface area contributed by atoms with Gasteiger partial charge in [-0.2, -0.15) is 0 Å². The number of aromatic nitrogens is 2. The first-order chi connectivity index (χ1) is 9.84. The average molecular weight is 326 g/mol. The van der Waals surface area contributed by atoms with Crippen LogP contribution in [0.25, 0.3) is 0 Å². The lowest BCUT2D eigenvalue weighted by atomic mass is 10.2. The van der Waals surface area contributed by atoms with Crippen molar-refractivity contribution in [3.63, 3.8) is 0 Å². The number of para-hydroxylation sites is 2. The Morgan fingerprint density at radius 1 is 0.650 bits per heavy atom. The lowest BCUT2D eigenvalue weighted by Crippen LogP contribution is -2.10. The number of benzene rings is 2. The molecule has 0 aliphatic carbocycles. The highest BCUT2D eigenvalue weighted by molar-refractivity contribution is 9.10. The lowest BCUT2D eigenvalue weighted by Gasteiger charge is -2.24. The Morgan fingerprint density at radius 3 is 1.55 bits per heavy atom. The van der Waals surface area contributed by atoms with Crippen LogP contribution in [0.3, 0.4) is 0 Å². The molecule has 20 heavy (non-hydrogen) atoms. The van der Waals surface area contributed by atoms with Crippen LogP contribution < -0.4 is 4.90 Å². The fourth-order valence-electron chi connectivity index (χ4n) is 2.02. The van der Waals surface area contributed by atoms with Crippen molar-refractivity contribution in [1.82, 2.24) is 9.97 Å². The second-order valence-corrected chi connectivity index (χ2v) is 4.93. The number of hydrogen-bond donors (Lipinski definition) is 0.